The lowest BCUT2D eigenvalue weighted by Gasteiger charge is -2.34. The molecule has 0 aromatic rings. The summed E-state index contributed by atoms with van der Waals surface area (Å²) in [7, 11) is 0. The molecule has 4 nitrogen and oxygen atoms in total. The Kier molecular flexibility index (Phi) is 5.06. The summed E-state index contributed by atoms with van der Waals surface area (Å²) in [6, 6.07) is 0.680. The van der Waals surface area contributed by atoms with Gasteiger partial charge in [-0.05, 0) is 38.5 Å². The molecule has 1 heterocycles. The Labute approximate surface area is 122 Å². The van der Waals surface area contributed by atoms with E-state index >= 15 is 0 Å². The zero-order valence-corrected chi connectivity index (χ0v) is 13.1. The Bertz CT molecular complexity index is 363. The van der Waals surface area contributed by atoms with Crippen LogP contribution in [0.1, 0.15) is 59.3 Å². The number of carbonyl (C=O) groups is 2. The summed E-state index contributed by atoms with van der Waals surface area (Å²) in [6.45, 7) is 7.48. The number of hydrogen-bond donors (Lipinski definition) is 0. The highest BCUT2D eigenvalue weighted by Gasteiger charge is 2.37. The van der Waals surface area contributed by atoms with E-state index in [-0.39, 0.29) is 24.4 Å². The fraction of sp³-hybridized carbons (Fsp3) is 0.875. The van der Waals surface area contributed by atoms with Crippen molar-refractivity contribution in [1.29, 1.82) is 0 Å². The van der Waals surface area contributed by atoms with Crippen molar-refractivity contribution in [2.45, 2.75) is 71.4 Å². The third-order valence-corrected chi connectivity index (χ3v) is 4.63. The van der Waals surface area contributed by atoms with E-state index in [0.29, 0.717) is 18.4 Å². The Morgan fingerprint density at radius 2 is 1.95 bits per heavy atom. The molecule has 1 aliphatic carbocycles. The summed E-state index contributed by atoms with van der Waals surface area (Å²) in [5.74, 6) is 0.757. The maximum Gasteiger partial charge on any atom is 0.242 e. The minimum absolute atomic E-state index is 0.143. The van der Waals surface area contributed by atoms with Crippen molar-refractivity contribution < 1.29 is 9.59 Å². The summed E-state index contributed by atoms with van der Waals surface area (Å²) in [6.07, 6.45) is 5.95. The Balaban J connectivity index is 1.98. The molecule has 0 radical (unpaired) electrons. The molecule has 0 aromatic carbocycles. The summed E-state index contributed by atoms with van der Waals surface area (Å²) < 4.78 is 0. The van der Waals surface area contributed by atoms with E-state index in [0.717, 1.165) is 38.6 Å². The molecular formula is C16H28N2O2. The van der Waals surface area contributed by atoms with Crippen LogP contribution in [0.5, 0.6) is 0 Å². The van der Waals surface area contributed by atoms with E-state index in [1.807, 2.05) is 4.90 Å². The van der Waals surface area contributed by atoms with Gasteiger partial charge >= 0.3 is 0 Å². The van der Waals surface area contributed by atoms with Crippen molar-refractivity contribution in [3.8, 4) is 0 Å². The van der Waals surface area contributed by atoms with Crippen molar-refractivity contribution in [2.24, 2.45) is 5.92 Å². The number of carbonyl (C=O) groups excluding carboxylic acids is 2. The van der Waals surface area contributed by atoms with Gasteiger partial charge in [-0.3, -0.25) is 9.59 Å². The smallest absolute Gasteiger partial charge is 0.242 e. The van der Waals surface area contributed by atoms with Crippen LogP contribution in [0.25, 0.3) is 0 Å². The Morgan fingerprint density at radius 3 is 2.55 bits per heavy atom. The van der Waals surface area contributed by atoms with Gasteiger partial charge in [-0.2, -0.15) is 0 Å². The fourth-order valence-corrected chi connectivity index (χ4v) is 2.89. The van der Waals surface area contributed by atoms with Crippen molar-refractivity contribution in [2.75, 3.05) is 13.1 Å². The number of nitrogens with zero attached hydrogens (tertiary/aromatic N) is 2. The van der Waals surface area contributed by atoms with Crippen LogP contribution in [-0.4, -0.2) is 46.8 Å². The first kappa shape index (κ1) is 15.3. The van der Waals surface area contributed by atoms with Crippen LogP contribution >= 0.6 is 0 Å². The first-order chi connectivity index (χ1) is 9.50. The molecule has 0 bridgehead atoms. The van der Waals surface area contributed by atoms with Gasteiger partial charge in [0, 0.05) is 25.0 Å². The molecule has 1 atom stereocenters. The molecule has 1 saturated carbocycles. The van der Waals surface area contributed by atoms with Gasteiger partial charge in [0.2, 0.25) is 11.8 Å². The monoisotopic (exact) mass is 280 g/mol. The van der Waals surface area contributed by atoms with Crippen molar-refractivity contribution in [1.82, 2.24) is 9.80 Å². The van der Waals surface area contributed by atoms with Crippen LogP contribution in [0.15, 0.2) is 0 Å². The fourth-order valence-electron chi connectivity index (χ4n) is 2.89. The first-order valence-corrected chi connectivity index (χ1v) is 8.09. The van der Waals surface area contributed by atoms with E-state index in [2.05, 4.69) is 20.8 Å². The van der Waals surface area contributed by atoms with Crippen molar-refractivity contribution in [3.05, 3.63) is 0 Å². The van der Waals surface area contributed by atoms with Crippen LogP contribution in [0, 0.1) is 5.92 Å². The summed E-state index contributed by atoms with van der Waals surface area (Å²) in [5, 5.41) is 0. The zero-order valence-electron chi connectivity index (χ0n) is 13.1. The van der Waals surface area contributed by atoms with Gasteiger partial charge in [0.25, 0.3) is 0 Å². The molecule has 114 valence electrons. The van der Waals surface area contributed by atoms with Crippen molar-refractivity contribution >= 4 is 11.8 Å². The predicted molar refractivity (Wildman–Crippen MR) is 79.2 cm³/mol. The SMILES string of the molecule is CC(C)[C@@H](C)N(C(=O)CN1CCCCCC1=O)C1CC1. The predicted octanol–water partition coefficient (Wildman–Crippen LogP) is 2.42. The van der Waals surface area contributed by atoms with Gasteiger partial charge in [-0.1, -0.05) is 20.3 Å². The number of rotatable bonds is 5. The number of amides is 2. The van der Waals surface area contributed by atoms with Crippen LogP contribution in [0.3, 0.4) is 0 Å². The van der Waals surface area contributed by atoms with Gasteiger partial charge < -0.3 is 9.80 Å². The molecule has 2 aliphatic rings. The maximum absolute atomic E-state index is 12.6. The minimum atomic E-state index is 0.143. The number of likely N-dealkylation sites (tertiary alicyclic amines) is 1. The molecule has 4 heteroatoms. The van der Waals surface area contributed by atoms with E-state index in [1.165, 1.54) is 0 Å². The Morgan fingerprint density at radius 1 is 1.25 bits per heavy atom. The summed E-state index contributed by atoms with van der Waals surface area (Å²) in [5.41, 5.74) is 0. The highest BCUT2D eigenvalue weighted by atomic mass is 16.2. The minimum Gasteiger partial charge on any atom is -0.335 e. The van der Waals surface area contributed by atoms with Gasteiger partial charge in [-0.15, -0.1) is 0 Å². The average Bonchev–Trinajstić information content (AvgIpc) is 3.21. The summed E-state index contributed by atoms with van der Waals surface area (Å²) in [4.78, 5) is 28.5. The molecule has 0 aromatic heterocycles. The summed E-state index contributed by atoms with van der Waals surface area (Å²) >= 11 is 0. The van der Waals surface area contributed by atoms with Crippen molar-refractivity contribution in [3.63, 3.8) is 0 Å². The average molecular weight is 280 g/mol. The third kappa shape index (κ3) is 3.74. The standard InChI is InChI=1S/C16H28N2O2/c1-12(2)13(3)18(14-8-9-14)16(20)11-17-10-6-4-5-7-15(17)19/h12-14H,4-11H2,1-3H3/t13-/m1/s1. The lowest BCUT2D eigenvalue weighted by atomic mass is 10.0. The van der Waals surface area contributed by atoms with Gasteiger partial charge in [0.05, 0.1) is 6.54 Å². The van der Waals surface area contributed by atoms with E-state index < -0.39 is 0 Å². The zero-order chi connectivity index (χ0) is 14.7. The largest absolute Gasteiger partial charge is 0.335 e. The second-order valence-corrected chi connectivity index (χ2v) is 6.64. The quantitative estimate of drug-likeness (QED) is 0.776. The van der Waals surface area contributed by atoms with Gasteiger partial charge in [-0.25, -0.2) is 0 Å². The number of hydrogen-bond acceptors (Lipinski definition) is 2. The first-order valence-electron chi connectivity index (χ1n) is 8.09. The van der Waals surface area contributed by atoms with Crippen LogP contribution in [-0.2, 0) is 9.59 Å². The maximum atomic E-state index is 12.6. The highest BCUT2D eigenvalue weighted by molar-refractivity contribution is 5.85. The van der Waals surface area contributed by atoms with E-state index in [4.69, 9.17) is 0 Å². The molecule has 20 heavy (non-hydrogen) atoms. The van der Waals surface area contributed by atoms with Crippen LogP contribution < -0.4 is 0 Å². The molecule has 0 spiro atoms. The van der Waals surface area contributed by atoms with E-state index in [1.54, 1.807) is 4.90 Å². The normalized spacial score (nSPS) is 21.8. The molecule has 0 unspecified atom stereocenters. The van der Waals surface area contributed by atoms with Crippen LogP contribution in [0.2, 0.25) is 0 Å². The molecule has 2 fully saturated rings. The highest BCUT2D eigenvalue weighted by Crippen LogP contribution is 2.31. The molecule has 2 amide bonds. The molecule has 0 N–H and O–H groups in total. The van der Waals surface area contributed by atoms with Gasteiger partial charge in [0.15, 0.2) is 0 Å². The second-order valence-electron chi connectivity index (χ2n) is 6.64. The second kappa shape index (κ2) is 6.59. The molecular weight excluding hydrogens is 252 g/mol. The van der Waals surface area contributed by atoms with E-state index in [9.17, 15) is 9.59 Å². The molecule has 1 aliphatic heterocycles. The topological polar surface area (TPSA) is 40.6 Å². The van der Waals surface area contributed by atoms with Crippen LogP contribution in [0.4, 0.5) is 0 Å². The molecule has 1 saturated heterocycles. The lowest BCUT2D eigenvalue weighted by molar-refractivity contribution is -0.142. The lowest BCUT2D eigenvalue weighted by Crippen LogP contribution is -2.48. The molecule has 2 rings (SSSR count). The third-order valence-electron chi connectivity index (χ3n) is 4.63. The Hall–Kier alpha value is -1.06. The van der Waals surface area contributed by atoms with Gasteiger partial charge in [0.1, 0.15) is 0 Å².